The number of rotatable bonds is 5. The molecule has 1 aliphatic carbocycles. The molecule has 5 rings (SSSR count). The highest BCUT2D eigenvalue weighted by Gasteiger charge is 2.20. The number of hydrogen-bond acceptors (Lipinski definition) is 4. The lowest BCUT2D eigenvalue weighted by Gasteiger charge is -2.19. The molecule has 4 aromatic carbocycles. The second-order valence-electron chi connectivity index (χ2n) is 14.8. The van der Waals surface area contributed by atoms with Gasteiger partial charge in [-0.1, -0.05) is 93.6 Å². The molecule has 0 saturated carbocycles. The van der Waals surface area contributed by atoms with Gasteiger partial charge < -0.3 is 19.7 Å². The molecule has 8 bridgehead atoms. The van der Waals surface area contributed by atoms with E-state index < -0.39 is 16.1 Å². The van der Waals surface area contributed by atoms with Crippen molar-refractivity contribution in [2.45, 2.75) is 71.9 Å². The number of phenols is 2. The van der Waals surface area contributed by atoms with Crippen LogP contribution in [0.25, 0.3) is 0 Å². The molecular formula is C42H48O4Si2. The van der Waals surface area contributed by atoms with Crippen LogP contribution in [0.1, 0.15) is 62.6 Å². The number of hydrogen-bond donors (Lipinski definition) is 2. The summed E-state index contributed by atoms with van der Waals surface area (Å²) < 4.78 is 12.1. The molecular weight excluding hydrogens is 625 g/mol. The smallest absolute Gasteiger partial charge is 0.129 e. The maximum Gasteiger partial charge on any atom is 0.129 e. The zero-order valence-electron chi connectivity index (χ0n) is 29.5. The summed E-state index contributed by atoms with van der Waals surface area (Å²) in [5, 5.41) is 23.5. The van der Waals surface area contributed by atoms with Crippen molar-refractivity contribution in [3.05, 3.63) is 122 Å². The second kappa shape index (κ2) is 14.9. The summed E-state index contributed by atoms with van der Waals surface area (Å²) in [7, 11) is -3.25. The van der Waals surface area contributed by atoms with Gasteiger partial charge in [-0.2, -0.15) is 0 Å². The van der Waals surface area contributed by atoms with Gasteiger partial charge in [0.2, 0.25) is 0 Å². The molecule has 1 aliphatic rings. The van der Waals surface area contributed by atoms with Gasteiger partial charge in [0.05, 0.1) is 6.61 Å². The normalized spacial score (nSPS) is 12.7. The molecule has 4 aromatic rings. The van der Waals surface area contributed by atoms with Gasteiger partial charge in [0.1, 0.15) is 40.0 Å². The predicted molar refractivity (Wildman–Crippen MR) is 203 cm³/mol. The quantitative estimate of drug-likeness (QED) is 0.112. The van der Waals surface area contributed by atoms with Crippen LogP contribution in [-0.2, 0) is 30.4 Å². The lowest BCUT2D eigenvalue weighted by atomic mass is 9.90. The molecule has 248 valence electrons. The van der Waals surface area contributed by atoms with E-state index in [1.54, 1.807) is 0 Å². The summed E-state index contributed by atoms with van der Waals surface area (Å²) in [6.45, 7) is 16.9. The highest BCUT2D eigenvalue weighted by atomic mass is 28.3. The van der Waals surface area contributed by atoms with Gasteiger partial charge in [0.25, 0.3) is 0 Å². The third kappa shape index (κ3) is 9.45. The Balaban J connectivity index is 1.72. The van der Waals surface area contributed by atoms with Gasteiger partial charge in [0.15, 0.2) is 0 Å². The van der Waals surface area contributed by atoms with Crippen molar-refractivity contribution in [2.24, 2.45) is 0 Å². The van der Waals surface area contributed by atoms with Crippen LogP contribution in [0.5, 0.6) is 17.2 Å². The molecule has 4 nitrogen and oxygen atoms in total. The summed E-state index contributed by atoms with van der Waals surface area (Å²) in [5.74, 6) is 8.24. The van der Waals surface area contributed by atoms with E-state index in [0.29, 0.717) is 57.0 Å². The van der Waals surface area contributed by atoms with Crippen LogP contribution >= 0.6 is 0 Å². The van der Waals surface area contributed by atoms with E-state index in [1.807, 2.05) is 37.3 Å². The number of phenolic OH excluding ortho intramolecular Hbond substituents is 2. The molecule has 0 heterocycles. The zero-order chi connectivity index (χ0) is 34.5. The minimum absolute atomic E-state index is 0.296. The first-order valence-corrected chi connectivity index (χ1v) is 23.9. The van der Waals surface area contributed by atoms with E-state index in [1.165, 1.54) is 0 Å². The Bertz CT molecular complexity index is 1800. The average Bonchev–Trinajstić information content (AvgIpc) is 3.01. The second-order valence-corrected chi connectivity index (χ2v) is 24.3. The van der Waals surface area contributed by atoms with Crippen molar-refractivity contribution in [3.63, 3.8) is 0 Å². The predicted octanol–water partition coefficient (Wildman–Crippen LogP) is 8.65. The molecule has 0 fully saturated rings. The minimum Gasteiger partial charge on any atom is -0.507 e. The summed E-state index contributed by atoms with van der Waals surface area (Å²) >= 11 is 0. The number of para-hydroxylation sites is 1. The van der Waals surface area contributed by atoms with E-state index in [0.717, 1.165) is 61.4 Å². The van der Waals surface area contributed by atoms with Crippen LogP contribution in [0.4, 0.5) is 0 Å². The molecule has 0 aromatic heterocycles. The third-order valence-corrected chi connectivity index (χ3v) is 9.85. The Morgan fingerprint density at radius 2 is 1.02 bits per heavy atom. The fourth-order valence-electron chi connectivity index (χ4n) is 5.87. The highest BCUT2D eigenvalue weighted by molar-refractivity contribution is 6.84. The van der Waals surface area contributed by atoms with Crippen molar-refractivity contribution in [1.29, 1.82) is 0 Å². The molecule has 6 heteroatoms. The number of fused-ring (bicyclic) bond motifs is 8. The molecule has 48 heavy (non-hydrogen) atoms. The summed E-state index contributed by atoms with van der Waals surface area (Å²) in [6.07, 6.45) is 2.06. The Hall–Kier alpha value is -4.21. The zero-order valence-corrected chi connectivity index (χ0v) is 31.5. The SMILES string of the molecule is CCOCCOc1c2cccc1Cc1cc(C#C[Si](C)(C)C)cc(c1O)Cc1cccc(c1)Cc1cc(C#C[Si](C)(C)C)cc(c1O)C2. The summed E-state index contributed by atoms with van der Waals surface area (Å²) in [5.41, 5.74) is 16.3. The maximum absolute atomic E-state index is 11.7. The highest BCUT2D eigenvalue weighted by Crippen LogP contribution is 2.36. The number of aromatic hydroxyl groups is 2. The molecule has 0 aliphatic heterocycles. The number of ether oxygens (including phenoxy) is 2. The first-order chi connectivity index (χ1) is 22.8. The van der Waals surface area contributed by atoms with E-state index in [4.69, 9.17) is 9.47 Å². The molecule has 0 unspecified atom stereocenters. The molecule has 0 atom stereocenters. The average molecular weight is 673 g/mol. The van der Waals surface area contributed by atoms with Crippen LogP contribution in [0.15, 0.2) is 66.7 Å². The van der Waals surface area contributed by atoms with Gasteiger partial charge in [-0.3, -0.25) is 0 Å². The van der Waals surface area contributed by atoms with Crippen molar-refractivity contribution in [3.8, 4) is 40.2 Å². The molecule has 0 amide bonds. The van der Waals surface area contributed by atoms with E-state index in [2.05, 4.69) is 98.6 Å². The lowest BCUT2D eigenvalue weighted by molar-refractivity contribution is 0.109. The fourth-order valence-corrected chi connectivity index (χ4v) is 6.91. The lowest BCUT2D eigenvalue weighted by Crippen LogP contribution is -2.16. The van der Waals surface area contributed by atoms with Crippen LogP contribution in [-0.4, -0.2) is 46.2 Å². The first kappa shape index (κ1) is 35.1. The Morgan fingerprint density at radius 1 is 0.583 bits per heavy atom. The molecule has 2 N–H and O–H groups in total. The van der Waals surface area contributed by atoms with E-state index in [-0.39, 0.29) is 0 Å². The Labute approximate surface area is 289 Å². The van der Waals surface area contributed by atoms with Crippen LogP contribution in [0.2, 0.25) is 39.3 Å². The minimum atomic E-state index is -1.62. The van der Waals surface area contributed by atoms with E-state index in [9.17, 15) is 10.2 Å². The van der Waals surface area contributed by atoms with Crippen LogP contribution in [0.3, 0.4) is 0 Å². The van der Waals surface area contributed by atoms with Gasteiger partial charge >= 0.3 is 0 Å². The summed E-state index contributed by atoms with van der Waals surface area (Å²) in [6, 6.07) is 22.7. The monoisotopic (exact) mass is 672 g/mol. The largest absolute Gasteiger partial charge is 0.507 e. The molecule has 0 radical (unpaired) electrons. The third-order valence-electron chi connectivity index (χ3n) is 8.10. The fraction of sp³-hybridized carbons (Fsp3) is 0.333. The van der Waals surface area contributed by atoms with Gasteiger partial charge in [-0.25, -0.2) is 0 Å². The van der Waals surface area contributed by atoms with Crippen LogP contribution < -0.4 is 4.74 Å². The first-order valence-electron chi connectivity index (χ1n) is 16.9. The molecule has 0 spiro atoms. The van der Waals surface area contributed by atoms with Crippen molar-refractivity contribution in [2.75, 3.05) is 19.8 Å². The Kier molecular flexibility index (Phi) is 10.9. The Morgan fingerprint density at radius 3 is 1.46 bits per heavy atom. The number of benzene rings is 4. The van der Waals surface area contributed by atoms with Crippen LogP contribution in [0, 0.1) is 22.9 Å². The van der Waals surface area contributed by atoms with Gasteiger partial charge in [0, 0.05) is 43.4 Å². The van der Waals surface area contributed by atoms with Gasteiger partial charge in [-0.15, -0.1) is 11.1 Å². The van der Waals surface area contributed by atoms with E-state index >= 15 is 0 Å². The molecule has 0 saturated heterocycles. The maximum atomic E-state index is 11.7. The van der Waals surface area contributed by atoms with Crippen molar-refractivity contribution in [1.82, 2.24) is 0 Å². The standard InChI is InChI=1S/C42H48O4Si2/c1-8-45-17-18-46-42-34-13-10-14-35(42)29-39-27-33(16-20-48(5,6)7)25-37(41(39)44)23-31-12-9-11-30(21-31)22-36-24-32(15-19-47(2,3)4)26-38(28-34)40(36)43/h9-14,21,24-27,43-44H,8,17-18,22-23,28-29H2,1-7H3. The summed E-state index contributed by atoms with van der Waals surface area (Å²) in [4.78, 5) is 0. The van der Waals surface area contributed by atoms with Crippen molar-refractivity contribution >= 4 is 16.1 Å². The van der Waals surface area contributed by atoms with Crippen molar-refractivity contribution < 1.29 is 19.7 Å². The topological polar surface area (TPSA) is 58.9 Å². The van der Waals surface area contributed by atoms with Gasteiger partial charge in [-0.05, 0) is 75.7 Å².